The molecule has 0 aromatic heterocycles. The zero-order valence-corrected chi connectivity index (χ0v) is 34.1. The quantitative estimate of drug-likeness (QED) is 0.102. The Balaban J connectivity index is 1.15. The summed E-state index contributed by atoms with van der Waals surface area (Å²) in [4.78, 5) is 0. The zero-order valence-electron chi connectivity index (χ0n) is 34.1. The average Bonchev–Trinajstić information content (AvgIpc) is 4.02. The lowest BCUT2D eigenvalue weighted by molar-refractivity contribution is -0.232. The lowest BCUT2D eigenvalue weighted by Gasteiger charge is -2.41. The second-order valence-electron chi connectivity index (χ2n) is 16.6. The molecule has 2 unspecified atom stereocenters. The lowest BCUT2D eigenvalue weighted by atomic mass is 9.77. The molecule has 0 bridgehead atoms. The van der Waals surface area contributed by atoms with E-state index in [0.29, 0.717) is 49.7 Å². The monoisotopic (exact) mass is 790 g/mol. The van der Waals surface area contributed by atoms with Crippen molar-refractivity contribution in [3.05, 3.63) is 178 Å². The fourth-order valence-corrected chi connectivity index (χ4v) is 8.26. The molecule has 3 aliphatic heterocycles. The smallest absolute Gasteiger partial charge is 0.284 e. The third-order valence-corrected chi connectivity index (χ3v) is 11.8. The van der Waals surface area contributed by atoms with Gasteiger partial charge in [0.15, 0.2) is 34.5 Å². The van der Waals surface area contributed by atoms with Crippen LogP contribution in [-0.4, -0.2) is 30.6 Å². The summed E-state index contributed by atoms with van der Waals surface area (Å²) in [7, 11) is 0. The van der Waals surface area contributed by atoms with E-state index < -0.39 is 17.0 Å². The van der Waals surface area contributed by atoms with E-state index in [2.05, 4.69) is 100 Å². The molecular formula is C51H50O8. The molecule has 0 N–H and O–H groups in total. The predicted octanol–water partition coefficient (Wildman–Crippen LogP) is 10.8. The van der Waals surface area contributed by atoms with Crippen LogP contribution in [0.3, 0.4) is 0 Å². The SMILES string of the molecule is CC(C)(OCc1ccccc1)C(Cc1ccc2c(c1)OCO2)c1ccc2c(c1Cc1ccccc1)OC(Cc1ccc3c(c1)OCO3)(C(C)(C)OCc1ccccc1)O2. The fraction of sp³-hybridized carbons (Fsp3) is 0.294. The minimum Gasteiger partial charge on any atom is -0.454 e. The molecule has 59 heavy (non-hydrogen) atoms. The molecule has 0 fully saturated rings. The second kappa shape index (κ2) is 16.0. The van der Waals surface area contributed by atoms with Gasteiger partial charge in [-0.25, -0.2) is 0 Å². The zero-order chi connectivity index (χ0) is 40.5. The number of ether oxygens (including phenoxy) is 8. The molecule has 3 aliphatic rings. The predicted molar refractivity (Wildman–Crippen MR) is 226 cm³/mol. The summed E-state index contributed by atoms with van der Waals surface area (Å²) in [6, 6.07) is 47.5. The van der Waals surface area contributed by atoms with Crippen LogP contribution in [0.5, 0.6) is 34.5 Å². The maximum atomic E-state index is 7.42. The van der Waals surface area contributed by atoms with Crippen molar-refractivity contribution in [2.75, 3.05) is 13.6 Å². The van der Waals surface area contributed by atoms with Gasteiger partial charge in [0.05, 0.1) is 25.2 Å². The Morgan fingerprint density at radius 3 is 1.68 bits per heavy atom. The molecule has 8 nitrogen and oxygen atoms in total. The molecule has 6 aromatic carbocycles. The molecule has 3 heterocycles. The van der Waals surface area contributed by atoms with Gasteiger partial charge in [-0.2, -0.15) is 0 Å². The minimum absolute atomic E-state index is 0.120. The van der Waals surface area contributed by atoms with Crippen LogP contribution in [0.1, 0.15) is 72.6 Å². The number of hydrogen-bond donors (Lipinski definition) is 0. The van der Waals surface area contributed by atoms with Gasteiger partial charge >= 0.3 is 0 Å². The van der Waals surface area contributed by atoms with Gasteiger partial charge in [0.25, 0.3) is 5.79 Å². The summed E-state index contributed by atoms with van der Waals surface area (Å²) in [5.41, 5.74) is 6.01. The van der Waals surface area contributed by atoms with Crippen LogP contribution < -0.4 is 28.4 Å². The first-order chi connectivity index (χ1) is 28.6. The van der Waals surface area contributed by atoms with E-state index in [0.717, 1.165) is 56.2 Å². The van der Waals surface area contributed by atoms with Gasteiger partial charge in [-0.15, -0.1) is 0 Å². The summed E-state index contributed by atoms with van der Waals surface area (Å²) in [5.74, 6) is 2.93. The van der Waals surface area contributed by atoms with E-state index in [9.17, 15) is 0 Å². The number of hydrogen-bond acceptors (Lipinski definition) is 8. The van der Waals surface area contributed by atoms with Crippen molar-refractivity contribution in [2.24, 2.45) is 0 Å². The van der Waals surface area contributed by atoms with Crippen LogP contribution in [0, 0.1) is 0 Å². The van der Waals surface area contributed by atoms with Gasteiger partial charge in [0.1, 0.15) is 5.60 Å². The number of benzene rings is 6. The third kappa shape index (κ3) is 8.07. The summed E-state index contributed by atoms with van der Waals surface area (Å²) in [6.45, 7) is 9.74. The Labute approximate surface area is 346 Å². The van der Waals surface area contributed by atoms with Crippen LogP contribution in [0.2, 0.25) is 0 Å². The highest BCUT2D eigenvalue weighted by Crippen LogP contribution is 2.52. The van der Waals surface area contributed by atoms with Crippen molar-refractivity contribution in [2.45, 2.75) is 83.1 Å². The van der Waals surface area contributed by atoms with Gasteiger partial charge in [0, 0.05) is 17.9 Å². The van der Waals surface area contributed by atoms with Crippen molar-refractivity contribution < 1.29 is 37.9 Å². The Kier molecular flexibility index (Phi) is 10.5. The van der Waals surface area contributed by atoms with Gasteiger partial charge in [0.2, 0.25) is 13.6 Å². The molecule has 9 rings (SSSR count). The van der Waals surface area contributed by atoms with E-state index >= 15 is 0 Å². The number of fused-ring (bicyclic) bond motifs is 3. The van der Waals surface area contributed by atoms with E-state index in [4.69, 9.17) is 37.9 Å². The van der Waals surface area contributed by atoms with Gasteiger partial charge in [-0.05, 0) is 97.8 Å². The largest absolute Gasteiger partial charge is 0.454 e. The Hall–Kier alpha value is -5.96. The summed E-state index contributed by atoms with van der Waals surface area (Å²) in [6.07, 6.45) is 1.67. The molecule has 0 saturated heterocycles. The van der Waals surface area contributed by atoms with E-state index in [-0.39, 0.29) is 19.5 Å². The summed E-state index contributed by atoms with van der Waals surface area (Å²) >= 11 is 0. The second-order valence-corrected chi connectivity index (χ2v) is 16.6. The van der Waals surface area contributed by atoms with Crippen LogP contribution in [0.4, 0.5) is 0 Å². The molecular weight excluding hydrogens is 741 g/mol. The standard InChI is InChI=1S/C51H50O8/c1-49(2,56-31-36-16-10-6-11-17-36)42(27-38-20-23-43-46(28-38)54-33-52-43)40-22-25-45-48(41(40)26-35-14-8-5-9-15-35)59-51(58-45,30-39-21-24-44-47(29-39)55-34-53-44)50(3,4)57-32-37-18-12-7-13-19-37/h5-25,28-29,42H,26-27,30-34H2,1-4H3. The Morgan fingerprint density at radius 1 is 0.525 bits per heavy atom. The summed E-state index contributed by atoms with van der Waals surface area (Å²) in [5, 5.41) is 0. The Bertz CT molecular complexity index is 2390. The molecule has 0 aliphatic carbocycles. The topological polar surface area (TPSA) is 73.8 Å². The van der Waals surface area contributed by atoms with Crippen molar-refractivity contribution in [1.82, 2.24) is 0 Å². The lowest BCUT2D eigenvalue weighted by Crippen LogP contribution is -2.59. The van der Waals surface area contributed by atoms with Crippen molar-refractivity contribution >= 4 is 0 Å². The minimum atomic E-state index is -1.26. The molecule has 2 atom stereocenters. The van der Waals surface area contributed by atoms with Crippen LogP contribution in [-0.2, 0) is 41.9 Å². The van der Waals surface area contributed by atoms with E-state index in [1.165, 1.54) is 0 Å². The number of rotatable bonds is 15. The van der Waals surface area contributed by atoms with Crippen LogP contribution in [0.25, 0.3) is 0 Å². The third-order valence-electron chi connectivity index (χ3n) is 11.8. The van der Waals surface area contributed by atoms with Gasteiger partial charge in [-0.3, -0.25) is 0 Å². The van der Waals surface area contributed by atoms with Gasteiger partial charge in [-0.1, -0.05) is 109 Å². The molecule has 0 radical (unpaired) electrons. The molecule has 8 heteroatoms. The van der Waals surface area contributed by atoms with Crippen LogP contribution >= 0.6 is 0 Å². The molecule has 6 aromatic rings. The first-order valence-electron chi connectivity index (χ1n) is 20.4. The first-order valence-corrected chi connectivity index (χ1v) is 20.4. The maximum Gasteiger partial charge on any atom is 0.284 e. The highest BCUT2D eigenvalue weighted by molar-refractivity contribution is 5.57. The van der Waals surface area contributed by atoms with Crippen molar-refractivity contribution in [3.63, 3.8) is 0 Å². The molecule has 0 saturated carbocycles. The van der Waals surface area contributed by atoms with E-state index in [1.54, 1.807) is 0 Å². The fourth-order valence-electron chi connectivity index (χ4n) is 8.26. The molecule has 0 amide bonds. The van der Waals surface area contributed by atoms with Crippen LogP contribution in [0.15, 0.2) is 140 Å². The highest BCUT2D eigenvalue weighted by atomic mass is 16.8. The molecule has 302 valence electrons. The van der Waals surface area contributed by atoms with E-state index in [1.807, 2.05) is 66.7 Å². The van der Waals surface area contributed by atoms with Crippen molar-refractivity contribution in [1.29, 1.82) is 0 Å². The normalized spacial score (nSPS) is 16.9. The summed E-state index contributed by atoms with van der Waals surface area (Å²) < 4.78 is 51.3. The molecule has 0 spiro atoms. The van der Waals surface area contributed by atoms with Gasteiger partial charge < -0.3 is 37.9 Å². The van der Waals surface area contributed by atoms with Crippen molar-refractivity contribution in [3.8, 4) is 34.5 Å². The Morgan fingerprint density at radius 2 is 1.05 bits per heavy atom. The first kappa shape index (κ1) is 38.6. The maximum absolute atomic E-state index is 7.42. The highest BCUT2D eigenvalue weighted by Gasteiger charge is 2.56. The average molecular weight is 791 g/mol.